The molecule has 2 atom stereocenters. The van der Waals surface area contributed by atoms with E-state index in [2.05, 4.69) is 13.8 Å². The third-order valence-corrected chi connectivity index (χ3v) is 6.83. The van der Waals surface area contributed by atoms with E-state index in [-0.39, 0.29) is 29.3 Å². The van der Waals surface area contributed by atoms with Gasteiger partial charge in [-0.25, -0.2) is 4.98 Å². The summed E-state index contributed by atoms with van der Waals surface area (Å²) >= 11 is 1.35. The number of nitrogens with zero attached hydrogens (tertiary/aromatic N) is 3. The van der Waals surface area contributed by atoms with Crippen LogP contribution in [0.4, 0.5) is 0 Å². The zero-order valence-corrected chi connectivity index (χ0v) is 18.5. The Bertz CT molecular complexity index is 1130. The second-order valence-corrected chi connectivity index (χ2v) is 9.00. The number of carbonyl (C=O) groups excluding carboxylic acids is 1. The van der Waals surface area contributed by atoms with Crippen molar-refractivity contribution in [1.29, 1.82) is 0 Å². The van der Waals surface area contributed by atoms with Crippen LogP contribution in [0.15, 0.2) is 58.5 Å². The van der Waals surface area contributed by atoms with E-state index in [4.69, 9.17) is 4.98 Å². The van der Waals surface area contributed by atoms with Crippen molar-refractivity contribution in [3.63, 3.8) is 0 Å². The number of aromatic nitrogens is 2. The molecule has 2 aromatic carbocycles. The predicted octanol–water partition coefficient (Wildman–Crippen LogP) is 4.58. The van der Waals surface area contributed by atoms with Crippen molar-refractivity contribution in [1.82, 2.24) is 14.5 Å². The first kappa shape index (κ1) is 20.7. The number of hydrogen-bond donors (Lipinski definition) is 0. The highest BCUT2D eigenvalue weighted by Crippen LogP contribution is 2.27. The van der Waals surface area contributed by atoms with Gasteiger partial charge in [0.05, 0.1) is 22.3 Å². The molecule has 0 unspecified atom stereocenters. The molecule has 5 nitrogen and oxygen atoms in total. The number of piperidine rings is 1. The number of fused-ring (bicyclic) bond motifs is 1. The summed E-state index contributed by atoms with van der Waals surface area (Å²) in [5, 5.41) is 1.13. The van der Waals surface area contributed by atoms with E-state index in [0.29, 0.717) is 16.1 Å². The summed E-state index contributed by atoms with van der Waals surface area (Å²) in [7, 11) is 0. The van der Waals surface area contributed by atoms with Crippen molar-refractivity contribution in [2.75, 3.05) is 5.75 Å². The second kappa shape index (κ2) is 8.64. The molecule has 0 radical (unpaired) electrons. The molecule has 1 amide bonds. The number of benzene rings is 2. The zero-order chi connectivity index (χ0) is 21.3. The second-order valence-electron chi connectivity index (χ2n) is 8.06. The standard InChI is InChI=1S/C24H27N3O2S/c1-16-9-4-7-14-21(16)27-23(29)19-12-5-6-13-20(19)25-24(27)30-15-22(28)26-17(2)10-8-11-18(26)3/h4-7,9,12-14,17-18H,8,10-11,15H2,1-3H3/t17-,18-/m1/s1. The third kappa shape index (κ3) is 3.88. The first-order valence-electron chi connectivity index (χ1n) is 10.5. The lowest BCUT2D eigenvalue weighted by Crippen LogP contribution is -2.48. The maximum atomic E-state index is 13.4. The molecular weight excluding hydrogens is 394 g/mol. The summed E-state index contributed by atoms with van der Waals surface area (Å²) in [6.45, 7) is 6.22. The Morgan fingerprint density at radius 2 is 1.73 bits per heavy atom. The van der Waals surface area contributed by atoms with Crippen LogP contribution in [-0.2, 0) is 4.79 Å². The van der Waals surface area contributed by atoms with Gasteiger partial charge in [0.15, 0.2) is 5.16 Å². The smallest absolute Gasteiger partial charge is 0.266 e. The summed E-state index contributed by atoms with van der Waals surface area (Å²) < 4.78 is 1.65. The van der Waals surface area contributed by atoms with Crippen LogP contribution in [0.25, 0.3) is 16.6 Å². The number of amides is 1. The van der Waals surface area contributed by atoms with Crippen LogP contribution in [-0.4, -0.2) is 38.2 Å². The molecule has 0 aliphatic carbocycles. The fourth-order valence-corrected chi connectivity index (χ4v) is 5.22. The molecule has 4 rings (SSSR count). The molecule has 1 aromatic heterocycles. The van der Waals surface area contributed by atoms with Gasteiger partial charge in [0.25, 0.3) is 5.56 Å². The van der Waals surface area contributed by atoms with Crippen LogP contribution < -0.4 is 5.56 Å². The molecule has 3 aromatic rings. The van der Waals surface area contributed by atoms with Crippen molar-refractivity contribution in [2.45, 2.75) is 57.3 Å². The lowest BCUT2D eigenvalue weighted by molar-refractivity contribution is -0.134. The fraction of sp³-hybridized carbons (Fsp3) is 0.375. The van der Waals surface area contributed by atoms with E-state index in [1.54, 1.807) is 10.6 Å². The SMILES string of the molecule is Cc1ccccc1-n1c(SCC(=O)N2[C@H](C)CCC[C@H]2C)nc2ccccc2c1=O. The molecule has 0 N–H and O–H groups in total. The van der Waals surface area contributed by atoms with Gasteiger partial charge in [-0.3, -0.25) is 14.2 Å². The molecule has 0 bridgehead atoms. The minimum Gasteiger partial charge on any atom is -0.337 e. The summed E-state index contributed by atoms with van der Waals surface area (Å²) in [4.78, 5) is 33.2. The Labute approximate surface area is 181 Å². The number of para-hydroxylation sites is 2. The van der Waals surface area contributed by atoms with Crippen molar-refractivity contribution in [3.8, 4) is 5.69 Å². The zero-order valence-electron chi connectivity index (χ0n) is 17.7. The van der Waals surface area contributed by atoms with Crippen LogP contribution in [0.3, 0.4) is 0 Å². The molecule has 6 heteroatoms. The topological polar surface area (TPSA) is 55.2 Å². The van der Waals surface area contributed by atoms with Gasteiger partial charge in [-0.2, -0.15) is 0 Å². The minimum atomic E-state index is -0.107. The monoisotopic (exact) mass is 421 g/mol. The van der Waals surface area contributed by atoms with Gasteiger partial charge in [0.1, 0.15) is 0 Å². The lowest BCUT2D eigenvalue weighted by atomic mass is 9.98. The Balaban J connectivity index is 1.73. The van der Waals surface area contributed by atoms with Gasteiger partial charge in [0.2, 0.25) is 5.91 Å². The molecular formula is C24H27N3O2S. The van der Waals surface area contributed by atoms with Crippen molar-refractivity contribution < 1.29 is 4.79 Å². The number of aryl methyl sites for hydroxylation is 1. The average Bonchev–Trinajstić information content (AvgIpc) is 2.73. The van der Waals surface area contributed by atoms with Crippen LogP contribution >= 0.6 is 11.8 Å². The maximum absolute atomic E-state index is 13.4. The number of hydrogen-bond acceptors (Lipinski definition) is 4. The number of thioether (sulfide) groups is 1. The van der Waals surface area contributed by atoms with E-state index >= 15 is 0 Å². The Kier molecular flexibility index (Phi) is 5.95. The molecule has 2 heterocycles. The molecule has 1 fully saturated rings. The van der Waals surface area contributed by atoms with Gasteiger partial charge in [-0.15, -0.1) is 0 Å². The lowest BCUT2D eigenvalue weighted by Gasteiger charge is -2.39. The van der Waals surface area contributed by atoms with Gasteiger partial charge in [0, 0.05) is 12.1 Å². The molecule has 0 spiro atoms. The van der Waals surface area contributed by atoms with Gasteiger partial charge in [-0.1, -0.05) is 42.1 Å². The highest BCUT2D eigenvalue weighted by Gasteiger charge is 2.29. The van der Waals surface area contributed by atoms with Crippen LogP contribution in [0.1, 0.15) is 38.7 Å². The van der Waals surface area contributed by atoms with Crippen molar-refractivity contribution in [2.24, 2.45) is 0 Å². The Morgan fingerprint density at radius 1 is 1.07 bits per heavy atom. The first-order valence-corrected chi connectivity index (χ1v) is 11.5. The van der Waals surface area contributed by atoms with E-state index < -0.39 is 0 Å². The van der Waals surface area contributed by atoms with Crippen molar-refractivity contribution in [3.05, 3.63) is 64.4 Å². The number of carbonyl (C=O) groups is 1. The van der Waals surface area contributed by atoms with Gasteiger partial charge >= 0.3 is 0 Å². The van der Waals surface area contributed by atoms with Crippen LogP contribution in [0.5, 0.6) is 0 Å². The molecule has 1 aliphatic rings. The highest BCUT2D eigenvalue weighted by molar-refractivity contribution is 7.99. The van der Waals surface area contributed by atoms with E-state index in [0.717, 1.165) is 30.5 Å². The summed E-state index contributed by atoms with van der Waals surface area (Å²) in [6.07, 6.45) is 3.25. The van der Waals surface area contributed by atoms with Crippen molar-refractivity contribution >= 4 is 28.6 Å². The first-order chi connectivity index (χ1) is 14.5. The Morgan fingerprint density at radius 3 is 2.47 bits per heavy atom. The highest BCUT2D eigenvalue weighted by atomic mass is 32.2. The normalized spacial score (nSPS) is 19.2. The number of rotatable bonds is 4. The fourth-order valence-electron chi connectivity index (χ4n) is 4.35. The summed E-state index contributed by atoms with van der Waals surface area (Å²) in [6, 6.07) is 15.7. The maximum Gasteiger partial charge on any atom is 0.266 e. The van der Waals surface area contributed by atoms with E-state index in [9.17, 15) is 9.59 Å². The van der Waals surface area contributed by atoms with Crippen LogP contribution in [0.2, 0.25) is 0 Å². The van der Waals surface area contributed by atoms with Gasteiger partial charge < -0.3 is 4.90 Å². The van der Waals surface area contributed by atoms with Crippen LogP contribution in [0, 0.1) is 6.92 Å². The van der Waals surface area contributed by atoms with Gasteiger partial charge in [-0.05, 0) is 63.8 Å². The average molecular weight is 422 g/mol. The van der Waals surface area contributed by atoms with E-state index in [1.807, 2.05) is 54.3 Å². The molecule has 156 valence electrons. The molecule has 30 heavy (non-hydrogen) atoms. The van der Waals surface area contributed by atoms with E-state index in [1.165, 1.54) is 11.8 Å². The predicted molar refractivity (Wildman–Crippen MR) is 122 cm³/mol. The third-order valence-electron chi connectivity index (χ3n) is 5.91. The largest absolute Gasteiger partial charge is 0.337 e. The summed E-state index contributed by atoms with van der Waals surface area (Å²) in [5.74, 6) is 0.379. The molecule has 0 saturated carbocycles. The Hall–Kier alpha value is -2.60. The molecule has 1 saturated heterocycles. The molecule has 1 aliphatic heterocycles. The minimum absolute atomic E-state index is 0.107. The number of likely N-dealkylation sites (tertiary alicyclic amines) is 1. The quantitative estimate of drug-likeness (QED) is 0.457. The summed E-state index contributed by atoms with van der Waals surface area (Å²) in [5.41, 5.74) is 2.34.